The molecule has 2 fully saturated rings. The topological polar surface area (TPSA) is 46.4 Å². The summed E-state index contributed by atoms with van der Waals surface area (Å²) < 4.78 is 0. The Bertz CT molecular complexity index is 527. The standard InChI is InChI=1S/C18H26N2O2/c1-3-18(2)15(14-10-6-4-7-11-14)16(20(21)22)17(18)19-12-8-5-9-13-19/h4,6-7,10-11,15-17H,3,5,8-9,12-13H2,1-2H3. The van der Waals surface area contributed by atoms with Crippen molar-refractivity contribution >= 4 is 0 Å². The van der Waals surface area contributed by atoms with Crippen LogP contribution in [0, 0.1) is 15.5 Å². The van der Waals surface area contributed by atoms with Gasteiger partial charge in [0.2, 0.25) is 6.04 Å². The number of rotatable bonds is 4. The molecule has 1 saturated heterocycles. The zero-order chi connectivity index (χ0) is 15.7. The van der Waals surface area contributed by atoms with E-state index in [0.717, 1.165) is 25.1 Å². The van der Waals surface area contributed by atoms with Gasteiger partial charge in [-0.05, 0) is 37.9 Å². The zero-order valence-electron chi connectivity index (χ0n) is 13.6. The Morgan fingerprint density at radius 1 is 1.23 bits per heavy atom. The molecule has 4 unspecified atom stereocenters. The van der Waals surface area contributed by atoms with Crippen LogP contribution in [0.15, 0.2) is 30.3 Å². The monoisotopic (exact) mass is 302 g/mol. The molecule has 4 nitrogen and oxygen atoms in total. The van der Waals surface area contributed by atoms with Gasteiger partial charge < -0.3 is 0 Å². The highest BCUT2D eigenvalue weighted by atomic mass is 16.6. The van der Waals surface area contributed by atoms with Crippen molar-refractivity contribution in [2.45, 2.75) is 57.5 Å². The van der Waals surface area contributed by atoms with E-state index < -0.39 is 6.04 Å². The molecular formula is C18H26N2O2. The first-order valence-corrected chi connectivity index (χ1v) is 8.52. The van der Waals surface area contributed by atoms with Gasteiger partial charge in [-0.25, -0.2) is 0 Å². The maximum atomic E-state index is 11.8. The van der Waals surface area contributed by atoms with Crippen molar-refractivity contribution in [3.63, 3.8) is 0 Å². The number of hydrogen-bond acceptors (Lipinski definition) is 3. The highest BCUT2D eigenvalue weighted by molar-refractivity contribution is 5.31. The minimum atomic E-state index is -0.467. The number of hydrogen-bond donors (Lipinski definition) is 0. The molecule has 4 heteroatoms. The van der Waals surface area contributed by atoms with Crippen molar-refractivity contribution in [2.75, 3.05) is 13.1 Å². The van der Waals surface area contributed by atoms with Gasteiger partial charge in [0.25, 0.3) is 0 Å². The van der Waals surface area contributed by atoms with E-state index in [4.69, 9.17) is 0 Å². The molecule has 22 heavy (non-hydrogen) atoms. The number of likely N-dealkylation sites (tertiary alicyclic amines) is 1. The first kappa shape index (κ1) is 15.5. The smallest absolute Gasteiger partial charge is 0.236 e. The summed E-state index contributed by atoms with van der Waals surface area (Å²) in [6.45, 7) is 6.48. The Morgan fingerprint density at radius 3 is 2.41 bits per heavy atom. The fraction of sp³-hybridized carbons (Fsp3) is 0.667. The first-order valence-electron chi connectivity index (χ1n) is 8.52. The van der Waals surface area contributed by atoms with Gasteiger partial charge in [-0.3, -0.25) is 15.0 Å². The second-order valence-electron chi connectivity index (χ2n) is 7.07. The average molecular weight is 302 g/mol. The summed E-state index contributed by atoms with van der Waals surface area (Å²) in [5.74, 6) is 0.0284. The molecule has 0 spiro atoms. The van der Waals surface area contributed by atoms with Crippen molar-refractivity contribution in [3.8, 4) is 0 Å². The van der Waals surface area contributed by atoms with E-state index in [0.29, 0.717) is 0 Å². The third kappa shape index (κ3) is 2.34. The SMILES string of the molecule is CCC1(C)C(c2ccccc2)C([N+](=O)[O-])C1N1CCCCC1. The maximum Gasteiger partial charge on any atom is 0.236 e. The lowest BCUT2D eigenvalue weighted by Crippen LogP contribution is -2.70. The fourth-order valence-corrected chi connectivity index (χ4v) is 4.76. The molecule has 0 aromatic heterocycles. The largest absolute Gasteiger partial charge is 0.294 e. The summed E-state index contributed by atoms with van der Waals surface area (Å²) in [5.41, 5.74) is 1.12. The van der Waals surface area contributed by atoms with Crippen LogP contribution in [-0.2, 0) is 0 Å². The van der Waals surface area contributed by atoms with Crippen LogP contribution in [0.25, 0.3) is 0 Å². The molecule has 120 valence electrons. The Hall–Kier alpha value is -1.42. The molecule has 1 aromatic carbocycles. The number of piperidine rings is 1. The molecule has 1 aromatic rings. The molecule has 2 aliphatic rings. The van der Waals surface area contributed by atoms with Gasteiger partial charge in [0.1, 0.15) is 0 Å². The molecule has 0 radical (unpaired) electrons. The van der Waals surface area contributed by atoms with E-state index in [9.17, 15) is 10.1 Å². The third-order valence-corrected chi connectivity index (χ3v) is 6.00. The van der Waals surface area contributed by atoms with E-state index in [1.165, 1.54) is 19.3 Å². The van der Waals surface area contributed by atoms with E-state index in [1.54, 1.807) is 0 Å². The van der Waals surface area contributed by atoms with Crippen molar-refractivity contribution in [3.05, 3.63) is 46.0 Å². The summed E-state index contributed by atoms with van der Waals surface area (Å²) in [4.78, 5) is 14.2. The number of nitrogens with zero attached hydrogens (tertiary/aromatic N) is 2. The Kier molecular flexibility index (Phi) is 4.22. The van der Waals surface area contributed by atoms with Gasteiger partial charge >= 0.3 is 0 Å². The first-order chi connectivity index (χ1) is 10.6. The van der Waals surface area contributed by atoms with Crippen molar-refractivity contribution in [1.29, 1.82) is 0 Å². The highest BCUT2D eigenvalue weighted by Gasteiger charge is 2.67. The molecule has 0 amide bonds. The second-order valence-corrected chi connectivity index (χ2v) is 7.07. The van der Waals surface area contributed by atoms with Gasteiger partial charge in [-0.15, -0.1) is 0 Å². The van der Waals surface area contributed by atoms with E-state index in [1.807, 2.05) is 18.2 Å². The second kappa shape index (κ2) is 5.99. The van der Waals surface area contributed by atoms with Gasteiger partial charge in [-0.2, -0.15) is 0 Å². The zero-order valence-corrected chi connectivity index (χ0v) is 13.6. The fourth-order valence-electron chi connectivity index (χ4n) is 4.76. The molecule has 1 aliphatic heterocycles. The van der Waals surface area contributed by atoms with Crippen LogP contribution in [0.3, 0.4) is 0 Å². The summed E-state index contributed by atoms with van der Waals surface area (Å²) in [6, 6.07) is 9.70. The molecule has 1 heterocycles. The minimum Gasteiger partial charge on any atom is -0.294 e. The lowest BCUT2D eigenvalue weighted by atomic mass is 9.50. The third-order valence-electron chi connectivity index (χ3n) is 6.00. The van der Waals surface area contributed by atoms with E-state index in [2.05, 4.69) is 30.9 Å². The van der Waals surface area contributed by atoms with Gasteiger partial charge in [0.05, 0.1) is 12.0 Å². The summed E-state index contributed by atoms with van der Waals surface area (Å²) in [6.07, 6.45) is 4.60. The van der Waals surface area contributed by atoms with E-state index >= 15 is 0 Å². The quantitative estimate of drug-likeness (QED) is 0.629. The van der Waals surface area contributed by atoms with Crippen molar-refractivity contribution in [1.82, 2.24) is 4.90 Å². The lowest BCUT2D eigenvalue weighted by molar-refractivity contribution is -0.564. The Balaban J connectivity index is 1.94. The molecule has 4 atom stereocenters. The molecule has 3 rings (SSSR count). The van der Waals surface area contributed by atoms with E-state index in [-0.39, 0.29) is 22.3 Å². The summed E-state index contributed by atoms with van der Waals surface area (Å²) >= 11 is 0. The van der Waals surface area contributed by atoms with Crippen LogP contribution in [0.2, 0.25) is 0 Å². The van der Waals surface area contributed by atoms with Crippen LogP contribution < -0.4 is 0 Å². The molecular weight excluding hydrogens is 276 g/mol. The molecule has 1 saturated carbocycles. The average Bonchev–Trinajstić information content (AvgIpc) is 2.54. The van der Waals surface area contributed by atoms with Gasteiger partial charge in [0, 0.05) is 10.3 Å². The maximum absolute atomic E-state index is 11.8. The minimum absolute atomic E-state index is 0.00354. The van der Waals surface area contributed by atoms with Crippen LogP contribution >= 0.6 is 0 Å². The Labute approximate surface area is 132 Å². The molecule has 0 bridgehead atoms. The van der Waals surface area contributed by atoms with Crippen LogP contribution in [0.4, 0.5) is 0 Å². The number of nitro groups is 1. The predicted octanol–water partition coefficient (Wildman–Crippen LogP) is 3.70. The Morgan fingerprint density at radius 2 is 1.86 bits per heavy atom. The summed E-state index contributed by atoms with van der Waals surface area (Å²) in [7, 11) is 0. The highest BCUT2D eigenvalue weighted by Crippen LogP contribution is 2.58. The van der Waals surface area contributed by atoms with Gasteiger partial charge in [-0.1, -0.05) is 50.6 Å². The van der Waals surface area contributed by atoms with Crippen molar-refractivity contribution in [2.24, 2.45) is 5.41 Å². The molecule has 1 aliphatic carbocycles. The number of benzene rings is 1. The van der Waals surface area contributed by atoms with Crippen molar-refractivity contribution < 1.29 is 4.92 Å². The normalized spacial score (nSPS) is 35.8. The van der Waals surface area contributed by atoms with Crippen LogP contribution in [0.1, 0.15) is 51.0 Å². The predicted molar refractivity (Wildman–Crippen MR) is 87.6 cm³/mol. The summed E-state index contributed by atoms with van der Waals surface area (Å²) in [5, 5.41) is 11.8. The van der Waals surface area contributed by atoms with Gasteiger partial charge in [0.15, 0.2) is 0 Å². The molecule has 0 N–H and O–H groups in total. The lowest BCUT2D eigenvalue weighted by Gasteiger charge is -2.59. The van der Waals surface area contributed by atoms with Crippen LogP contribution in [-0.4, -0.2) is 35.0 Å². The van der Waals surface area contributed by atoms with Crippen LogP contribution in [0.5, 0.6) is 0 Å².